The topological polar surface area (TPSA) is 37.3 Å². The van der Waals surface area contributed by atoms with Gasteiger partial charge in [-0.2, -0.15) is 0 Å². The molecule has 25 heavy (non-hydrogen) atoms. The lowest BCUT2D eigenvalue weighted by molar-refractivity contribution is 0.0123. The van der Waals surface area contributed by atoms with Crippen LogP contribution < -0.4 is 0 Å². The molecule has 4 aliphatic rings. The Hall–Kier alpha value is -0.650. The maximum absolute atomic E-state index is 5.90. The summed E-state index contributed by atoms with van der Waals surface area (Å²) in [4.78, 5) is 11.0. The second-order valence-corrected chi connectivity index (χ2v) is 9.15. The Labute approximate surface area is 152 Å². The lowest BCUT2D eigenvalue weighted by Crippen LogP contribution is -2.51. The molecule has 2 unspecified atom stereocenters. The average Bonchev–Trinajstić information content (AvgIpc) is 3.24. The van der Waals surface area contributed by atoms with Crippen molar-refractivity contribution in [3.63, 3.8) is 0 Å². The molecule has 0 radical (unpaired) electrons. The Morgan fingerprint density at radius 2 is 1.84 bits per heavy atom. The van der Waals surface area contributed by atoms with E-state index < -0.39 is 0 Å². The van der Waals surface area contributed by atoms with Crippen LogP contribution in [0.15, 0.2) is 5.16 Å². The van der Waals surface area contributed by atoms with Crippen LogP contribution in [-0.2, 0) is 9.57 Å². The van der Waals surface area contributed by atoms with Crippen LogP contribution >= 0.6 is 0 Å². The molecule has 2 saturated carbocycles. The van der Waals surface area contributed by atoms with E-state index in [9.17, 15) is 0 Å². The van der Waals surface area contributed by atoms with E-state index in [1.165, 1.54) is 44.5 Å². The SMILES string of the molecule is CC12CCC([C@H](N3CCOCC3)/C1=N/OCCN1CCCC1)C2(C)C. The van der Waals surface area contributed by atoms with Crippen molar-refractivity contribution in [2.75, 3.05) is 52.5 Å². The van der Waals surface area contributed by atoms with E-state index in [4.69, 9.17) is 14.7 Å². The molecule has 0 spiro atoms. The van der Waals surface area contributed by atoms with Gasteiger partial charge in [0.15, 0.2) is 0 Å². The third-order valence-corrected chi connectivity index (χ3v) is 7.83. The molecule has 5 heteroatoms. The van der Waals surface area contributed by atoms with Gasteiger partial charge in [0, 0.05) is 25.0 Å². The summed E-state index contributed by atoms with van der Waals surface area (Å²) in [6.07, 6.45) is 5.24. The molecule has 4 rings (SSSR count). The average molecular weight is 350 g/mol. The molecule has 2 saturated heterocycles. The maximum Gasteiger partial charge on any atom is 0.129 e. The molecule has 0 amide bonds. The molecule has 0 aromatic heterocycles. The van der Waals surface area contributed by atoms with Crippen LogP contribution in [0.2, 0.25) is 0 Å². The number of hydrogen-bond donors (Lipinski definition) is 0. The summed E-state index contributed by atoms with van der Waals surface area (Å²) in [6, 6.07) is 0.449. The number of ether oxygens (including phenoxy) is 1. The van der Waals surface area contributed by atoms with E-state index in [1.807, 2.05) is 0 Å². The fraction of sp³-hybridized carbons (Fsp3) is 0.950. The smallest absolute Gasteiger partial charge is 0.129 e. The predicted octanol–water partition coefficient (Wildman–Crippen LogP) is 2.61. The van der Waals surface area contributed by atoms with Gasteiger partial charge in [-0.05, 0) is 50.1 Å². The van der Waals surface area contributed by atoms with Gasteiger partial charge in [-0.3, -0.25) is 9.80 Å². The molecule has 0 aromatic carbocycles. The van der Waals surface area contributed by atoms with E-state index in [1.54, 1.807) is 0 Å². The van der Waals surface area contributed by atoms with Crippen molar-refractivity contribution < 1.29 is 9.57 Å². The van der Waals surface area contributed by atoms with Gasteiger partial charge < -0.3 is 9.57 Å². The number of oxime groups is 1. The first kappa shape index (κ1) is 17.7. The first-order chi connectivity index (χ1) is 12.0. The van der Waals surface area contributed by atoms with Gasteiger partial charge in [0.2, 0.25) is 0 Å². The summed E-state index contributed by atoms with van der Waals surface area (Å²) in [5.74, 6) is 0.691. The zero-order valence-corrected chi connectivity index (χ0v) is 16.3. The van der Waals surface area contributed by atoms with Crippen LogP contribution in [0.5, 0.6) is 0 Å². The van der Waals surface area contributed by atoms with Crippen molar-refractivity contribution in [2.24, 2.45) is 21.9 Å². The van der Waals surface area contributed by atoms with Gasteiger partial charge in [-0.25, -0.2) is 0 Å². The van der Waals surface area contributed by atoms with Crippen LogP contribution in [0, 0.1) is 16.7 Å². The highest BCUT2D eigenvalue weighted by Crippen LogP contribution is 2.65. The molecular weight excluding hydrogens is 314 g/mol. The lowest BCUT2D eigenvalue weighted by atomic mass is 9.70. The van der Waals surface area contributed by atoms with Crippen molar-refractivity contribution in [1.82, 2.24) is 9.80 Å². The summed E-state index contributed by atoms with van der Waals surface area (Å²) >= 11 is 0. The second-order valence-electron chi connectivity index (χ2n) is 9.15. The minimum absolute atomic E-state index is 0.175. The van der Waals surface area contributed by atoms with Crippen molar-refractivity contribution >= 4 is 5.71 Å². The minimum Gasteiger partial charge on any atom is -0.394 e. The summed E-state index contributed by atoms with van der Waals surface area (Å²) < 4.78 is 5.59. The van der Waals surface area contributed by atoms with Crippen LogP contribution in [0.1, 0.15) is 46.5 Å². The second kappa shape index (κ2) is 6.82. The quantitative estimate of drug-likeness (QED) is 0.565. The summed E-state index contributed by atoms with van der Waals surface area (Å²) in [6.45, 7) is 15.3. The molecule has 2 aliphatic heterocycles. The first-order valence-corrected chi connectivity index (χ1v) is 10.3. The Morgan fingerprint density at radius 3 is 2.56 bits per heavy atom. The third kappa shape index (κ3) is 2.92. The molecule has 3 atom stereocenters. The fourth-order valence-electron chi connectivity index (χ4n) is 5.79. The fourth-order valence-corrected chi connectivity index (χ4v) is 5.79. The van der Waals surface area contributed by atoms with Gasteiger partial charge >= 0.3 is 0 Å². The highest BCUT2D eigenvalue weighted by molar-refractivity contribution is 5.98. The van der Waals surface area contributed by atoms with Gasteiger partial charge in [0.25, 0.3) is 0 Å². The molecule has 0 N–H and O–H groups in total. The molecule has 142 valence electrons. The van der Waals surface area contributed by atoms with Gasteiger partial charge in [-0.1, -0.05) is 25.9 Å². The normalized spacial score (nSPS) is 40.2. The standard InChI is InChI=1S/C20H35N3O2/c1-19(2)16-6-7-20(19,3)18(17(16)23-11-13-24-14-12-23)21-25-15-10-22-8-4-5-9-22/h16-17H,4-15H2,1-3H3/b21-18-/t16?,17-,20?/m0/s1. The molecular formula is C20H35N3O2. The zero-order chi connectivity index (χ0) is 17.5. The van der Waals surface area contributed by atoms with Gasteiger partial charge in [-0.15, -0.1) is 0 Å². The number of hydrogen-bond acceptors (Lipinski definition) is 5. The largest absolute Gasteiger partial charge is 0.394 e. The van der Waals surface area contributed by atoms with E-state index in [2.05, 4.69) is 30.6 Å². The Bertz CT molecular complexity index is 509. The van der Waals surface area contributed by atoms with Crippen LogP contribution in [0.4, 0.5) is 0 Å². The van der Waals surface area contributed by atoms with Crippen molar-refractivity contribution in [3.05, 3.63) is 0 Å². The molecule has 5 nitrogen and oxygen atoms in total. The molecule has 2 aliphatic carbocycles. The Kier molecular flexibility index (Phi) is 4.84. The molecule has 2 bridgehead atoms. The number of fused-ring (bicyclic) bond motifs is 2. The van der Waals surface area contributed by atoms with Crippen molar-refractivity contribution in [1.29, 1.82) is 0 Å². The Balaban J connectivity index is 1.48. The maximum atomic E-state index is 5.90. The highest BCUT2D eigenvalue weighted by Gasteiger charge is 2.66. The third-order valence-electron chi connectivity index (χ3n) is 7.83. The first-order valence-electron chi connectivity index (χ1n) is 10.3. The minimum atomic E-state index is 0.175. The summed E-state index contributed by atoms with van der Waals surface area (Å²) in [5.41, 5.74) is 1.79. The number of rotatable bonds is 5. The van der Waals surface area contributed by atoms with Gasteiger partial charge in [0.1, 0.15) is 6.61 Å². The number of morpholine rings is 1. The highest BCUT2D eigenvalue weighted by atomic mass is 16.6. The number of likely N-dealkylation sites (tertiary alicyclic amines) is 1. The lowest BCUT2D eigenvalue weighted by Gasteiger charge is -2.38. The van der Waals surface area contributed by atoms with Crippen molar-refractivity contribution in [3.8, 4) is 0 Å². The summed E-state index contributed by atoms with van der Waals surface area (Å²) in [7, 11) is 0. The van der Waals surface area contributed by atoms with Gasteiger partial charge in [0.05, 0.1) is 25.0 Å². The Morgan fingerprint density at radius 1 is 1.12 bits per heavy atom. The predicted molar refractivity (Wildman–Crippen MR) is 99.9 cm³/mol. The van der Waals surface area contributed by atoms with E-state index >= 15 is 0 Å². The molecule has 4 fully saturated rings. The monoisotopic (exact) mass is 349 g/mol. The van der Waals surface area contributed by atoms with Crippen LogP contribution in [-0.4, -0.2) is 74.1 Å². The van der Waals surface area contributed by atoms with Crippen LogP contribution in [0.25, 0.3) is 0 Å². The summed E-state index contributed by atoms with van der Waals surface area (Å²) in [5, 5.41) is 4.80. The molecule has 0 aromatic rings. The number of nitrogens with zero attached hydrogens (tertiary/aromatic N) is 3. The van der Waals surface area contributed by atoms with Crippen LogP contribution in [0.3, 0.4) is 0 Å². The van der Waals surface area contributed by atoms with E-state index in [0.29, 0.717) is 17.4 Å². The zero-order valence-electron chi connectivity index (χ0n) is 16.3. The van der Waals surface area contributed by atoms with E-state index in [0.717, 1.165) is 39.5 Å². The van der Waals surface area contributed by atoms with Crippen molar-refractivity contribution in [2.45, 2.75) is 52.5 Å². The van der Waals surface area contributed by atoms with E-state index in [-0.39, 0.29) is 5.41 Å². The molecule has 2 heterocycles.